The second kappa shape index (κ2) is 6.33. The van der Waals surface area contributed by atoms with Crippen LogP contribution >= 0.6 is 0 Å². The SMILES string of the molecule is COc1c(N2CCc3[nH]ncc3C2)c(F)cc2c(=O)c(C(=O)O)cn(C3CC3)c12. The molecule has 3 aromatic rings. The number of rotatable bonds is 4. The van der Waals surface area contributed by atoms with Crippen molar-refractivity contribution in [3.05, 3.63) is 51.3 Å². The van der Waals surface area contributed by atoms with Gasteiger partial charge in [-0.05, 0) is 18.9 Å². The number of halogens is 1. The first-order valence-electron chi connectivity index (χ1n) is 9.44. The molecule has 0 amide bonds. The number of nitrogens with one attached hydrogen (secondary N) is 1. The van der Waals surface area contributed by atoms with Crippen molar-refractivity contribution in [1.29, 1.82) is 0 Å². The van der Waals surface area contributed by atoms with Crippen molar-refractivity contribution < 1.29 is 19.0 Å². The predicted molar refractivity (Wildman–Crippen MR) is 103 cm³/mol. The van der Waals surface area contributed by atoms with Gasteiger partial charge in [0.1, 0.15) is 11.3 Å². The maximum atomic E-state index is 15.3. The van der Waals surface area contributed by atoms with E-state index >= 15 is 4.39 Å². The van der Waals surface area contributed by atoms with Gasteiger partial charge in [-0.1, -0.05) is 0 Å². The van der Waals surface area contributed by atoms with Gasteiger partial charge in [0.25, 0.3) is 0 Å². The Balaban J connectivity index is 1.77. The smallest absolute Gasteiger partial charge is 0.341 e. The van der Waals surface area contributed by atoms with Crippen LogP contribution in [0.4, 0.5) is 10.1 Å². The van der Waals surface area contributed by atoms with Gasteiger partial charge in [0.15, 0.2) is 11.6 Å². The number of carboxylic acid groups (broad SMARTS) is 1. The summed E-state index contributed by atoms with van der Waals surface area (Å²) >= 11 is 0. The van der Waals surface area contributed by atoms with Crippen LogP contribution in [-0.2, 0) is 13.0 Å². The Morgan fingerprint density at radius 2 is 2.21 bits per heavy atom. The molecule has 2 N–H and O–H groups in total. The van der Waals surface area contributed by atoms with E-state index in [-0.39, 0.29) is 28.4 Å². The molecule has 0 atom stereocenters. The van der Waals surface area contributed by atoms with Crippen LogP contribution in [-0.4, -0.2) is 39.5 Å². The van der Waals surface area contributed by atoms with Crippen molar-refractivity contribution in [2.75, 3.05) is 18.6 Å². The zero-order valence-electron chi connectivity index (χ0n) is 15.7. The Morgan fingerprint density at radius 1 is 1.41 bits per heavy atom. The normalized spacial score (nSPS) is 16.1. The minimum atomic E-state index is -1.32. The number of hydrogen-bond donors (Lipinski definition) is 2. The maximum Gasteiger partial charge on any atom is 0.341 e. The Labute approximate surface area is 164 Å². The average Bonchev–Trinajstić information content (AvgIpc) is 3.44. The first kappa shape index (κ1) is 17.7. The molecule has 1 aliphatic carbocycles. The van der Waals surface area contributed by atoms with Crippen LogP contribution in [0.3, 0.4) is 0 Å². The van der Waals surface area contributed by atoms with Crippen LogP contribution in [0.25, 0.3) is 10.9 Å². The highest BCUT2D eigenvalue weighted by Crippen LogP contribution is 2.44. The molecule has 1 aromatic carbocycles. The van der Waals surface area contributed by atoms with E-state index in [1.54, 1.807) is 10.8 Å². The molecule has 29 heavy (non-hydrogen) atoms. The van der Waals surface area contributed by atoms with E-state index in [0.29, 0.717) is 25.0 Å². The van der Waals surface area contributed by atoms with Crippen molar-refractivity contribution in [3.63, 3.8) is 0 Å². The number of methoxy groups -OCH3 is 1. The molecule has 5 rings (SSSR count). The maximum absolute atomic E-state index is 15.3. The van der Waals surface area contributed by atoms with Gasteiger partial charge in [-0.3, -0.25) is 9.89 Å². The molecule has 1 aliphatic heterocycles. The summed E-state index contributed by atoms with van der Waals surface area (Å²) in [4.78, 5) is 26.2. The van der Waals surface area contributed by atoms with E-state index < -0.39 is 17.2 Å². The molecule has 1 fully saturated rings. The van der Waals surface area contributed by atoms with Crippen LogP contribution in [0.1, 0.15) is 40.5 Å². The molecular weight excluding hydrogens is 379 g/mol. The van der Waals surface area contributed by atoms with Gasteiger partial charge < -0.3 is 19.3 Å². The number of benzene rings is 1. The van der Waals surface area contributed by atoms with Gasteiger partial charge in [-0.15, -0.1) is 0 Å². The van der Waals surface area contributed by atoms with Crippen molar-refractivity contribution >= 4 is 22.6 Å². The van der Waals surface area contributed by atoms with Crippen LogP contribution in [0.5, 0.6) is 5.75 Å². The van der Waals surface area contributed by atoms with Crippen molar-refractivity contribution in [1.82, 2.24) is 14.8 Å². The second-order valence-corrected chi connectivity index (χ2v) is 7.50. The summed E-state index contributed by atoms with van der Waals surface area (Å²) in [6, 6.07) is 1.22. The minimum absolute atomic E-state index is 0.0240. The first-order chi connectivity index (χ1) is 14.0. The third-order valence-corrected chi connectivity index (χ3v) is 5.69. The number of aromatic amines is 1. The molecule has 9 heteroatoms. The summed E-state index contributed by atoms with van der Waals surface area (Å²) in [5.41, 5.74) is 1.67. The van der Waals surface area contributed by atoms with Crippen molar-refractivity contribution in [2.45, 2.75) is 31.8 Å². The number of fused-ring (bicyclic) bond motifs is 2. The molecule has 0 saturated heterocycles. The third-order valence-electron chi connectivity index (χ3n) is 5.69. The monoisotopic (exact) mass is 398 g/mol. The van der Waals surface area contributed by atoms with Crippen molar-refractivity contribution in [2.24, 2.45) is 0 Å². The molecule has 0 bridgehead atoms. The fourth-order valence-electron chi connectivity index (χ4n) is 4.14. The Bertz CT molecular complexity index is 1210. The lowest BCUT2D eigenvalue weighted by Crippen LogP contribution is -2.31. The minimum Gasteiger partial charge on any atom is -0.492 e. The van der Waals surface area contributed by atoms with Gasteiger partial charge in [0.2, 0.25) is 5.43 Å². The molecule has 0 spiro atoms. The fourth-order valence-corrected chi connectivity index (χ4v) is 4.14. The highest BCUT2D eigenvalue weighted by molar-refractivity contribution is 5.97. The van der Waals surface area contributed by atoms with E-state index in [2.05, 4.69) is 10.2 Å². The summed E-state index contributed by atoms with van der Waals surface area (Å²) < 4.78 is 22.7. The average molecular weight is 398 g/mol. The lowest BCUT2D eigenvalue weighted by Gasteiger charge is -2.31. The lowest BCUT2D eigenvalue weighted by molar-refractivity contribution is 0.0695. The third kappa shape index (κ3) is 2.68. The molecule has 2 aromatic heterocycles. The summed E-state index contributed by atoms with van der Waals surface area (Å²) in [5.74, 6) is -1.67. The van der Waals surface area contributed by atoms with Crippen LogP contribution < -0.4 is 15.1 Å². The highest BCUT2D eigenvalue weighted by Gasteiger charge is 2.32. The zero-order valence-corrected chi connectivity index (χ0v) is 15.7. The largest absolute Gasteiger partial charge is 0.492 e. The van der Waals surface area contributed by atoms with Gasteiger partial charge in [-0.2, -0.15) is 5.10 Å². The van der Waals surface area contributed by atoms with E-state index in [4.69, 9.17) is 4.74 Å². The number of H-pyrrole nitrogens is 1. The zero-order chi connectivity index (χ0) is 20.3. The molecule has 0 unspecified atom stereocenters. The van der Waals surface area contributed by atoms with Gasteiger partial charge in [0, 0.05) is 43.0 Å². The number of pyridine rings is 1. The molecular formula is C20H19FN4O4. The Hall–Kier alpha value is -3.36. The summed E-state index contributed by atoms with van der Waals surface area (Å²) in [5, 5.41) is 16.5. The highest BCUT2D eigenvalue weighted by atomic mass is 19.1. The van der Waals surface area contributed by atoms with E-state index in [1.807, 2.05) is 4.90 Å². The molecule has 0 radical (unpaired) electrons. The summed E-state index contributed by atoms with van der Waals surface area (Å²) in [6.07, 6.45) is 5.51. The topological polar surface area (TPSA) is 100 Å². The molecule has 8 nitrogen and oxygen atoms in total. The number of carbonyl (C=O) groups is 1. The standard InChI is InChI=1S/C20H19FN4O4/c1-29-19-16-12(18(26)13(20(27)28)9-25(16)11-2-3-11)6-14(21)17(19)24-5-4-15-10(8-24)7-22-23-15/h6-7,9,11H,2-5,8H2,1H3,(H,22,23)(H,27,28). The van der Waals surface area contributed by atoms with Gasteiger partial charge in [0.05, 0.1) is 24.2 Å². The van der Waals surface area contributed by atoms with Crippen molar-refractivity contribution in [3.8, 4) is 5.75 Å². The van der Waals surface area contributed by atoms with Crippen LogP contribution in [0.2, 0.25) is 0 Å². The second-order valence-electron chi connectivity index (χ2n) is 7.50. The quantitative estimate of drug-likeness (QED) is 0.700. The number of ether oxygens (including phenoxy) is 1. The van der Waals surface area contributed by atoms with E-state index in [9.17, 15) is 14.7 Å². The van der Waals surface area contributed by atoms with Crippen LogP contribution in [0.15, 0.2) is 23.3 Å². The Morgan fingerprint density at radius 3 is 2.90 bits per heavy atom. The number of nitrogens with zero attached hydrogens (tertiary/aromatic N) is 3. The number of carboxylic acids is 1. The number of anilines is 1. The molecule has 1 saturated carbocycles. The molecule has 3 heterocycles. The Kier molecular flexibility index (Phi) is 3.87. The predicted octanol–water partition coefficient (Wildman–Crippen LogP) is 2.47. The lowest BCUT2D eigenvalue weighted by atomic mass is 10.0. The number of hydrogen-bond acceptors (Lipinski definition) is 5. The van der Waals surface area contributed by atoms with E-state index in [0.717, 1.165) is 30.2 Å². The summed E-state index contributed by atoms with van der Waals surface area (Å²) in [6.45, 7) is 1.03. The summed E-state index contributed by atoms with van der Waals surface area (Å²) in [7, 11) is 1.44. The van der Waals surface area contributed by atoms with E-state index in [1.165, 1.54) is 13.3 Å². The van der Waals surface area contributed by atoms with Gasteiger partial charge >= 0.3 is 5.97 Å². The first-order valence-corrected chi connectivity index (χ1v) is 9.44. The number of aromatic nitrogens is 3. The van der Waals surface area contributed by atoms with Crippen LogP contribution in [0, 0.1) is 5.82 Å². The van der Waals surface area contributed by atoms with Gasteiger partial charge in [-0.25, -0.2) is 9.18 Å². The fraction of sp³-hybridized carbons (Fsp3) is 0.350. The molecule has 2 aliphatic rings. The number of aromatic carboxylic acids is 1. The molecule has 150 valence electrons.